The van der Waals surface area contributed by atoms with E-state index in [9.17, 15) is 23.3 Å². The molecule has 2 saturated heterocycles. The third-order valence-electron chi connectivity index (χ3n) is 4.95. The predicted octanol–water partition coefficient (Wildman–Crippen LogP) is 1.39. The fraction of sp³-hybridized carbons (Fsp3) is 0.611. The maximum atomic E-state index is 12.6. The zero-order chi connectivity index (χ0) is 21.2. The van der Waals surface area contributed by atoms with Gasteiger partial charge in [0, 0.05) is 32.2 Å². The first kappa shape index (κ1) is 21.5. The molecule has 0 unspecified atom stereocenters. The Morgan fingerprint density at radius 2 is 1.86 bits per heavy atom. The Balaban J connectivity index is 1.74. The van der Waals surface area contributed by atoms with Gasteiger partial charge in [-0.2, -0.15) is 4.31 Å². The van der Waals surface area contributed by atoms with Crippen LogP contribution in [0.15, 0.2) is 23.1 Å². The first-order valence-corrected chi connectivity index (χ1v) is 11.0. The molecule has 0 radical (unpaired) electrons. The summed E-state index contributed by atoms with van der Waals surface area (Å²) in [5.41, 5.74) is -0.484. The average molecular weight is 427 g/mol. The second-order valence-electron chi connectivity index (χ2n) is 7.34. The van der Waals surface area contributed by atoms with Crippen molar-refractivity contribution in [1.82, 2.24) is 9.21 Å². The van der Waals surface area contributed by atoms with Crippen molar-refractivity contribution in [2.75, 3.05) is 32.8 Å². The Kier molecular flexibility index (Phi) is 6.39. The quantitative estimate of drug-likeness (QED) is 0.497. The lowest BCUT2D eigenvalue weighted by atomic mass is 10.2. The number of ether oxygens (including phenoxy) is 2. The van der Waals surface area contributed by atoms with E-state index in [1.165, 1.54) is 16.4 Å². The number of carbonyl (C=O) groups is 1. The monoisotopic (exact) mass is 427 g/mol. The number of carbonyl (C=O) groups excluding carboxylic acids is 1. The molecule has 2 heterocycles. The van der Waals surface area contributed by atoms with Crippen molar-refractivity contribution in [3.05, 3.63) is 28.3 Å². The zero-order valence-electron chi connectivity index (χ0n) is 16.4. The highest BCUT2D eigenvalue weighted by Crippen LogP contribution is 2.32. The smallest absolute Gasteiger partial charge is 0.312 e. The van der Waals surface area contributed by atoms with Crippen LogP contribution in [0.25, 0.3) is 0 Å². The number of hydrogen-bond donors (Lipinski definition) is 0. The Morgan fingerprint density at radius 3 is 2.45 bits per heavy atom. The summed E-state index contributed by atoms with van der Waals surface area (Å²) in [6.07, 6.45) is 1.33. The Labute approximate surface area is 169 Å². The van der Waals surface area contributed by atoms with Crippen LogP contribution in [0.1, 0.15) is 26.7 Å². The van der Waals surface area contributed by atoms with E-state index in [1.807, 2.05) is 13.8 Å². The molecule has 0 aliphatic carbocycles. The number of amides is 1. The lowest BCUT2D eigenvalue weighted by Crippen LogP contribution is -2.49. The van der Waals surface area contributed by atoms with E-state index >= 15 is 0 Å². The lowest BCUT2D eigenvalue weighted by molar-refractivity contribution is -0.386. The zero-order valence-corrected chi connectivity index (χ0v) is 17.3. The van der Waals surface area contributed by atoms with Crippen molar-refractivity contribution in [2.45, 2.75) is 43.8 Å². The highest BCUT2D eigenvalue weighted by atomic mass is 32.2. The van der Waals surface area contributed by atoms with Gasteiger partial charge in [-0.25, -0.2) is 8.42 Å². The molecule has 2 aliphatic rings. The number of morpholine rings is 1. The first-order chi connectivity index (χ1) is 13.7. The van der Waals surface area contributed by atoms with E-state index in [2.05, 4.69) is 0 Å². The number of nitro benzene ring substituents is 1. The summed E-state index contributed by atoms with van der Waals surface area (Å²) < 4.78 is 37.6. The molecule has 0 bridgehead atoms. The van der Waals surface area contributed by atoms with Gasteiger partial charge in [0.2, 0.25) is 10.0 Å². The second-order valence-corrected chi connectivity index (χ2v) is 9.28. The van der Waals surface area contributed by atoms with E-state index in [-0.39, 0.29) is 35.4 Å². The van der Waals surface area contributed by atoms with Gasteiger partial charge in [0.1, 0.15) is 0 Å². The number of benzene rings is 1. The van der Waals surface area contributed by atoms with Gasteiger partial charge in [-0.05, 0) is 38.8 Å². The Morgan fingerprint density at radius 1 is 1.24 bits per heavy atom. The molecule has 1 aromatic rings. The standard InChI is InChI=1S/C18H25N3O7S/c1-13-10-19(11-14(2)28-13)18(22)12-27-17-6-5-15(9-16(17)21(23)24)29(25,26)20-7-3-4-8-20/h5-6,9,13-14H,3-4,7-8,10-12H2,1-2H3/t13-,14+. The molecule has 0 saturated carbocycles. The Bertz CT molecular complexity index is 873. The average Bonchev–Trinajstić information content (AvgIpc) is 3.20. The summed E-state index contributed by atoms with van der Waals surface area (Å²) in [4.78, 5) is 24.6. The molecule has 2 aliphatic heterocycles. The van der Waals surface area contributed by atoms with Gasteiger partial charge < -0.3 is 14.4 Å². The summed E-state index contributed by atoms with van der Waals surface area (Å²) >= 11 is 0. The molecule has 1 aromatic carbocycles. The molecule has 2 atom stereocenters. The molecule has 10 nitrogen and oxygen atoms in total. The van der Waals surface area contributed by atoms with Crippen molar-refractivity contribution >= 4 is 21.6 Å². The summed E-state index contributed by atoms with van der Waals surface area (Å²) in [6.45, 7) is 4.99. The van der Waals surface area contributed by atoms with E-state index in [1.54, 1.807) is 4.90 Å². The Hall–Kier alpha value is -2.24. The summed E-state index contributed by atoms with van der Waals surface area (Å²) in [5, 5.41) is 11.5. The summed E-state index contributed by atoms with van der Waals surface area (Å²) in [7, 11) is -3.79. The minimum absolute atomic E-state index is 0.105. The van der Waals surface area contributed by atoms with Gasteiger partial charge in [0.05, 0.1) is 22.0 Å². The third-order valence-corrected chi connectivity index (χ3v) is 6.85. The van der Waals surface area contributed by atoms with Crippen LogP contribution in [-0.2, 0) is 19.6 Å². The van der Waals surface area contributed by atoms with Crippen LogP contribution in [0.3, 0.4) is 0 Å². The normalized spacial score (nSPS) is 23.2. The van der Waals surface area contributed by atoms with Crippen LogP contribution >= 0.6 is 0 Å². The van der Waals surface area contributed by atoms with E-state index in [0.717, 1.165) is 18.9 Å². The van der Waals surface area contributed by atoms with Crippen LogP contribution in [0.4, 0.5) is 5.69 Å². The first-order valence-electron chi connectivity index (χ1n) is 9.53. The van der Waals surface area contributed by atoms with Crippen LogP contribution in [-0.4, -0.2) is 73.4 Å². The number of sulfonamides is 1. The number of nitro groups is 1. The molecule has 0 aromatic heterocycles. The fourth-order valence-corrected chi connectivity index (χ4v) is 5.15. The molecular formula is C18H25N3O7S. The topological polar surface area (TPSA) is 119 Å². The molecule has 29 heavy (non-hydrogen) atoms. The largest absolute Gasteiger partial charge is 0.477 e. The number of nitrogens with zero attached hydrogens (tertiary/aromatic N) is 3. The van der Waals surface area contributed by atoms with Crippen molar-refractivity contribution in [3.8, 4) is 5.75 Å². The lowest BCUT2D eigenvalue weighted by Gasteiger charge is -2.35. The van der Waals surface area contributed by atoms with E-state index in [0.29, 0.717) is 26.2 Å². The minimum atomic E-state index is -3.79. The highest BCUT2D eigenvalue weighted by Gasteiger charge is 2.31. The van der Waals surface area contributed by atoms with Crippen LogP contribution in [0, 0.1) is 10.1 Å². The second kappa shape index (κ2) is 8.64. The minimum Gasteiger partial charge on any atom is -0.477 e. The van der Waals surface area contributed by atoms with E-state index in [4.69, 9.17) is 9.47 Å². The summed E-state index contributed by atoms with van der Waals surface area (Å²) in [5.74, 6) is -0.451. The van der Waals surface area contributed by atoms with Crippen LogP contribution in [0.2, 0.25) is 0 Å². The van der Waals surface area contributed by atoms with Gasteiger partial charge in [0.25, 0.3) is 5.91 Å². The van der Waals surface area contributed by atoms with Gasteiger partial charge >= 0.3 is 5.69 Å². The predicted molar refractivity (Wildman–Crippen MR) is 103 cm³/mol. The molecule has 160 valence electrons. The van der Waals surface area contributed by atoms with Gasteiger partial charge in [0.15, 0.2) is 12.4 Å². The van der Waals surface area contributed by atoms with Crippen molar-refractivity contribution < 1.29 is 27.6 Å². The van der Waals surface area contributed by atoms with Gasteiger partial charge in [-0.3, -0.25) is 14.9 Å². The molecular weight excluding hydrogens is 402 g/mol. The molecule has 3 rings (SSSR count). The molecule has 0 N–H and O–H groups in total. The molecule has 1 amide bonds. The molecule has 0 spiro atoms. The van der Waals surface area contributed by atoms with Crippen molar-refractivity contribution in [1.29, 1.82) is 0 Å². The SMILES string of the molecule is C[C@@H]1CN(C(=O)COc2ccc(S(=O)(=O)N3CCCC3)cc2[N+](=O)[O-])C[C@H](C)O1. The number of hydrogen-bond acceptors (Lipinski definition) is 7. The summed E-state index contributed by atoms with van der Waals surface area (Å²) in [6, 6.07) is 3.50. The number of rotatable bonds is 6. The fourth-order valence-electron chi connectivity index (χ4n) is 3.61. The van der Waals surface area contributed by atoms with Crippen LogP contribution in [0.5, 0.6) is 5.75 Å². The van der Waals surface area contributed by atoms with Crippen molar-refractivity contribution in [3.63, 3.8) is 0 Å². The highest BCUT2D eigenvalue weighted by molar-refractivity contribution is 7.89. The third kappa shape index (κ3) is 4.85. The van der Waals surface area contributed by atoms with E-state index < -0.39 is 20.6 Å². The van der Waals surface area contributed by atoms with Crippen molar-refractivity contribution in [2.24, 2.45) is 0 Å². The maximum Gasteiger partial charge on any atom is 0.312 e. The maximum absolute atomic E-state index is 12.6. The van der Waals surface area contributed by atoms with Gasteiger partial charge in [-0.15, -0.1) is 0 Å². The molecule has 11 heteroatoms. The molecule has 2 fully saturated rings. The van der Waals surface area contributed by atoms with Gasteiger partial charge in [-0.1, -0.05) is 0 Å². The van der Waals surface area contributed by atoms with Crippen LogP contribution < -0.4 is 4.74 Å².